The molecular weight excluding hydrogens is 150 g/mol. The third-order valence-corrected chi connectivity index (χ3v) is 2.34. The molecule has 1 heterocycles. The van der Waals surface area contributed by atoms with Gasteiger partial charge < -0.3 is 5.32 Å². The standard InChI is InChI=1S/C10H11NO/c1-10(7-9(12)11-10)8-5-3-2-4-6-8/h2-6H,7H2,1H3,(H,11,12). The SMILES string of the molecule is CC1(c2ccccc2)CC(=O)N1. The first kappa shape index (κ1) is 7.35. The van der Waals surface area contributed by atoms with Crippen LogP contribution >= 0.6 is 0 Å². The minimum Gasteiger partial charge on any atom is -0.346 e. The summed E-state index contributed by atoms with van der Waals surface area (Å²) < 4.78 is 0. The van der Waals surface area contributed by atoms with Gasteiger partial charge >= 0.3 is 0 Å². The topological polar surface area (TPSA) is 29.1 Å². The summed E-state index contributed by atoms with van der Waals surface area (Å²) in [5.41, 5.74) is 1.07. The third kappa shape index (κ3) is 0.998. The van der Waals surface area contributed by atoms with E-state index >= 15 is 0 Å². The molecule has 0 spiro atoms. The second-order valence-corrected chi connectivity index (χ2v) is 3.42. The van der Waals surface area contributed by atoms with Gasteiger partial charge in [0.25, 0.3) is 0 Å². The fourth-order valence-electron chi connectivity index (χ4n) is 1.59. The summed E-state index contributed by atoms with van der Waals surface area (Å²) in [7, 11) is 0. The molecule has 0 radical (unpaired) electrons. The van der Waals surface area contributed by atoms with Crippen molar-refractivity contribution in [2.24, 2.45) is 0 Å². The summed E-state index contributed by atoms with van der Waals surface area (Å²) in [6, 6.07) is 10.0. The minimum absolute atomic E-state index is 0.113. The van der Waals surface area contributed by atoms with Crippen LogP contribution in [-0.2, 0) is 10.3 Å². The maximum Gasteiger partial charge on any atom is 0.223 e. The Balaban J connectivity index is 2.27. The van der Waals surface area contributed by atoms with Crippen LogP contribution in [0.25, 0.3) is 0 Å². The number of β-lactam (4-membered cyclic amide) rings is 1. The van der Waals surface area contributed by atoms with Crippen molar-refractivity contribution in [1.29, 1.82) is 0 Å². The van der Waals surface area contributed by atoms with Gasteiger partial charge in [-0.15, -0.1) is 0 Å². The lowest BCUT2D eigenvalue weighted by Gasteiger charge is -2.39. The predicted octanol–water partition coefficient (Wildman–Crippen LogP) is 1.42. The Morgan fingerprint density at radius 1 is 1.33 bits per heavy atom. The van der Waals surface area contributed by atoms with Crippen LogP contribution in [0, 0.1) is 0 Å². The van der Waals surface area contributed by atoms with Crippen molar-refractivity contribution in [1.82, 2.24) is 5.32 Å². The van der Waals surface area contributed by atoms with Gasteiger partial charge in [-0.05, 0) is 12.5 Å². The van der Waals surface area contributed by atoms with E-state index in [4.69, 9.17) is 0 Å². The third-order valence-electron chi connectivity index (χ3n) is 2.34. The van der Waals surface area contributed by atoms with E-state index in [0.717, 1.165) is 0 Å². The Bertz CT molecular complexity index is 297. The molecule has 1 unspecified atom stereocenters. The number of carbonyl (C=O) groups excluding carboxylic acids is 1. The number of carbonyl (C=O) groups is 1. The molecule has 1 saturated heterocycles. The van der Waals surface area contributed by atoms with Crippen molar-refractivity contribution in [3.63, 3.8) is 0 Å². The van der Waals surface area contributed by atoms with Crippen LogP contribution in [0.15, 0.2) is 30.3 Å². The van der Waals surface area contributed by atoms with Gasteiger partial charge in [0.2, 0.25) is 5.91 Å². The quantitative estimate of drug-likeness (QED) is 0.620. The second kappa shape index (κ2) is 2.34. The van der Waals surface area contributed by atoms with E-state index in [1.807, 2.05) is 37.3 Å². The molecule has 62 valence electrons. The average molecular weight is 161 g/mol. The van der Waals surface area contributed by atoms with Crippen LogP contribution in [0.3, 0.4) is 0 Å². The molecule has 0 aliphatic carbocycles. The van der Waals surface area contributed by atoms with E-state index in [9.17, 15) is 4.79 Å². The highest BCUT2D eigenvalue weighted by molar-refractivity contribution is 5.85. The monoisotopic (exact) mass is 161 g/mol. The molecule has 1 aromatic carbocycles. The van der Waals surface area contributed by atoms with Crippen LogP contribution in [0.2, 0.25) is 0 Å². The van der Waals surface area contributed by atoms with Gasteiger partial charge in [0.15, 0.2) is 0 Å². The van der Waals surface area contributed by atoms with Gasteiger partial charge in [-0.25, -0.2) is 0 Å². The first-order valence-electron chi connectivity index (χ1n) is 4.07. The molecule has 1 atom stereocenters. The molecule has 0 bridgehead atoms. The highest BCUT2D eigenvalue weighted by Crippen LogP contribution is 2.30. The molecule has 2 rings (SSSR count). The molecule has 1 amide bonds. The van der Waals surface area contributed by atoms with Crippen LogP contribution in [0.5, 0.6) is 0 Å². The Morgan fingerprint density at radius 2 is 1.92 bits per heavy atom. The molecule has 2 heteroatoms. The summed E-state index contributed by atoms with van der Waals surface area (Å²) in [4.78, 5) is 10.8. The van der Waals surface area contributed by atoms with Gasteiger partial charge in [0.1, 0.15) is 0 Å². The maximum atomic E-state index is 10.8. The van der Waals surface area contributed by atoms with Gasteiger partial charge in [-0.2, -0.15) is 0 Å². The van der Waals surface area contributed by atoms with E-state index < -0.39 is 0 Å². The Labute approximate surface area is 71.6 Å². The molecule has 0 aromatic heterocycles. The molecule has 1 aliphatic rings. The van der Waals surface area contributed by atoms with Gasteiger partial charge in [0.05, 0.1) is 12.0 Å². The van der Waals surface area contributed by atoms with E-state index in [0.29, 0.717) is 6.42 Å². The smallest absolute Gasteiger partial charge is 0.223 e. The van der Waals surface area contributed by atoms with Gasteiger partial charge in [-0.3, -0.25) is 4.79 Å². The van der Waals surface area contributed by atoms with Crippen LogP contribution < -0.4 is 5.32 Å². The minimum atomic E-state index is -0.113. The Morgan fingerprint density at radius 3 is 2.42 bits per heavy atom. The lowest BCUT2D eigenvalue weighted by Crippen LogP contribution is -2.56. The summed E-state index contributed by atoms with van der Waals surface area (Å²) in [6.45, 7) is 2.05. The Kier molecular flexibility index (Phi) is 1.43. The number of hydrogen-bond acceptors (Lipinski definition) is 1. The van der Waals surface area contributed by atoms with Crippen molar-refractivity contribution in [2.45, 2.75) is 18.9 Å². The molecule has 12 heavy (non-hydrogen) atoms. The normalized spacial score (nSPS) is 27.6. The summed E-state index contributed by atoms with van der Waals surface area (Å²) in [6.07, 6.45) is 0.608. The maximum absolute atomic E-state index is 10.8. The largest absolute Gasteiger partial charge is 0.346 e. The number of rotatable bonds is 1. The molecular formula is C10H11NO. The van der Waals surface area contributed by atoms with Crippen molar-refractivity contribution in [3.05, 3.63) is 35.9 Å². The zero-order valence-corrected chi connectivity index (χ0v) is 7.00. The molecule has 1 fully saturated rings. The van der Waals surface area contributed by atoms with Gasteiger partial charge in [0, 0.05) is 0 Å². The van der Waals surface area contributed by atoms with Crippen LogP contribution in [-0.4, -0.2) is 5.91 Å². The Hall–Kier alpha value is -1.31. The molecule has 2 nitrogen and oxygen atoms in total. The summed E-state index contributed by atoms with van der Waals surface area (Å²) in [5, 5.41) is 2.90. The molecule has 1 aliphatic heterocycles. The van der Waals surface area contributed by atoms with E-state index in [1.165, 1.54) is 5.56 Å². The highest BCUT2D eigenvalue weighted by atomic mass is 16.2. The predicted molar refractivity (Wildman–Crippen MR) is 46.6 cm³/mol. The van der Waals surface area contributed by atoms with Crippen molar-refractivity contribution in [2.75, 3.05) is 0 Å². The highest BCUT2D eigenvalue weighted by Gasteiger charge is 2.39. The number of amides is 1. The van der Waals surface area contributed by atoms with Gasteiger partial charge in [-0.1, -0.05) is 30.3 Å². The zero-order chi connectivity index (χ0) is 8.60. The molecule has 1 N–H and O–H groups in total. The zero-order valence-electron chi connectivity index (χ0n) is 7.00. The summed E-state index contributed by atoms with van der Waals surface area (Å²) in [5.74, 6) is 0.140. The van der Waals surface area contributed by atoms with E-state index in [-0.39, 0.29) is 11.4 Å². The molecule has 1 aromatic rings. The molecule has 0 saturated carbocycles. The van der Waals surface area contributed by atoms with Crippen LogP contribution in [0.1, 0.15) is 18.9 Å². The number of hydrogen-bond donors (Lipinski definition) is 1. The second-order valence-electron chi connectivity index (χ2n) is 3.42. The fourth-order valence-corrected chi connectivity index (χ4v) is 1.59. The lowest BCUT2D eigenvalue weighted by atomic mass is 9.82. The van der Waals surface area contributed by atoms with Crippen molar-refractivity contribution >= 4 is 5.91 Å². The lowest BCUT2D eigenvalue weighted by molar-refractivity contribution is -0.132. The van der Waals surface area contributed by atoms with Crippen molar-refractivity contribution in [3.8, 4) is 0 Å². The first-order valence-corrected chi connectivity index (χ1v) is 4.07. The average Bonchev–Trinajstić information content (AvgIpc) is 2.04. The fraction of sp³-hybridized carbons (Fsp3) is 0.300. The van der Waals surface area contributed by atoms with E-state index in [1.54, 1.807) is 0 Å². The number of benzene rings is 1. The van der Waals surface area contributed by atoms with Crippen LogP contribution in [0.4, 0.5) is 0 Å². The first-order chi connectivity index (χ1) is 5.71. The van der Waals surface area contributed by atoms with E-state index in [2.05, 4.69) is 5.32 Å². The number of nitrogens with one attached hydrogen (secondary N) is 1. The summed E-state index contributed by atoms with van der Waals surface area (Å²) >= 11 is 0. The van der Waals surface area contributed by atoms with Crippen molar-refractivity contribution < 1.29 is 4.79 Å².